The highest BCUT2D eigenvalue weighted by atomic mass is 16.3. The maximum Gasteiger partial charge on any atom is 0.139 e. The van der Waals surface area contributed by atoms with E-state index in [0.29, 0.717) is 42.2 Å². The number of hydrogen-bond acceptors (Lipinski definition) is 3. The van der Waals surface area contributed by atoms with Crippen LogP contribution >= 0.6 is 0 Å². The highest BCUT2D eigenvalue weighted by Crippen LogP contribution is 2.65. The van der Waals surface area contributed by atoms with Crippen molar-refractivity contribution in [3.8, 4) is 0 Å². The highest BCUT2D eigenvalue weighted by Gasteiger charge is 2.62. The van der Waals surface area contributed by atoms with E-state index < -0.39 is 0 Å². The van der Waals surface area contributed by atoms with Crippen molar-refractivity contribution in [2.24, 2.45) is 34.5 Å². The zero-order valence-corrected chi connectivity index (χ0v) is 13.8. The van der Waals surface area contributed by atoms with Crippen LogP contribution in [0.3, 0.4) is 0 Å². The van der Waals surface area contributed by atoms with Crippen LogP contribution in [0, 0.1) is 34.5 Å². The van der Waals surface area contributed by atoms with Crippen molar-refractivity contribution in [1.29, 1.82) is 0 Å². The second-order valence-electron chi connectivity index (χ2n) is 8.95. The topological polar surface area (TPSA) is 54.4 Å². The molecule has 7 atom stereocenters. The van der Waals surface area contributed by atoms with Gasteiger partial charge in [-0.25, -0.2) is 0 Å². The first-order chi connectivity index (χ1) is 10.4. The van der Waals surface area contributed by atoms with Crippen molar-refractivity contribution >= 4 is 11.6 Å². The van der Waals surface area contributed by atoms with Crippen molar-refractivity contribution in [3.63, 3.8) is 0 Å². The summed E-state index contributed by atoms with van der Waals surface area (Å²) in [6.07, 6.45) is 6.53. The van der Waals surface area contributed by atoms with Gasteiger partial charge in [0.2, 0.25) is 0 Å². The van der Waals surface area contributed by atoms with E-state index in [0.717, 1.165) is 38.5 Å². The fourth-order valence-electron chi connectivity index (χ4n) is 6.86. The standard InChI is InChI=1S/C19H28O3/c1-18-7-5-11(20)9-15(18)16(21)10-12-13-3-4-17(22)19(13,2)8-6-14(12)18/h12-16,21H,3-10H2,1-2H3/t12-,13-,14-,15+,16?,18+,19-/m0/s1. The number of aliphatic hydroxyl groups excluding tert-OH is 1. The minimum atomic E-state index is -0.353. The molecule has 0 amide bonds. The number of carbonyl (C=O) groups excluding carboxylic acids is 2. The molecule has 4 fully saturated rings. The monoisotopic (exact) mass is 304 g/mol. The first kappa shape index (κ1) is 14.9. The van der Waals surface area contributed by atoms with Gasteiger partial charge in [0.05, 0.1) is 6.10 Å². The summed E-state index contributed by atoms with van der Waals surface area (Å²) in [4.78, 5) is 24.3. The SMILES string of the molecule is C[C@]12CCC(=O)C[C@@H]1C(O)C[C@@H]1[C@@H]2CC[C@]2(C)C(=O)CC[C@@H]12. The van der Waals surface area contributed by atoms with Gasteiger partial charge in [-0.15, -0.1) is 0 Å². The lowest BCUT2D eigenvalue weighted by Crippen LogP contribution is -2.57. The molecule has 0 heterocycles. The quantitative estimate of drug-likeness (QED) is 0.748. The molecule has 3 heteroatoms. The van der Waals surface area contributed by atoms with Gasteiger partial charge in [0.15, 0.2) is 0 Å². The number of rotatable bonds is 0. The molecule has 0 bridgehead atoms. The molecule has 4 saturated carbocycles. The van der Waals surface area contributed by atoms with Crippen molar-refractivity contribution in [2.75, 3.05) is 0 Å². The van der Waals surface area contributed by atoms with Crippen LogP contribution in [0.25, 0.3) is 0 Å². The lowest BCUT2D eigenvalue weighted by atomic mass is 9.44. The van der Waals surface area contributed by atoms with Crippen LogP contribution in [0.4, 0.5) is 0 Å². The zero-order chi connectivity index (χ0) is 15.7. The van der Waals surface area contributed by atoms with Crippen LogP contribution in [-0.2, 0) is 9.59 Å². The Morgan fingerprint density at radius 3 is 2.55 bits per heavy atom. The predicted molar refractivity (Wildman–Crippen MR) is 83.1 cm³/mol. The van der Waals surface area contributed by atoms with Gasteiger partial charge < -0.3 is 5.11 Å². The number of hydrogen-bond donors (Lipinski definition) is 1. The Balaban J connectivity index is 1.69. The van der Waals surface area contributed by atoms with Crippen LogP contribution in [-0.4, -0.2) is 22.8 Å². The number of fused-ring (bicyclic) bond motifs is 5. The predicted octanol–water partition coefficient (Wildman–Crippen LogP) is 3.14. The molecule has 0 aliphatic heterocycles. The summed E-state index contributed by atoms with van der Waals surface area (Å²) >= 11 is 0. The second kappa shape index (κ2) is 4.66. The maximum atomic E-state index is 12.4. The van der Waals surface area contributed by atoms with Crippen LogP contribution in [0.1, 0.15) is 65.2 Å². The lowest BCUT2D eigenvalue weighted by Gasteiger charge is -2.60. The molecular weight excluding hydrogens is 276 g/mol. The Kier molecular flexibility index (Phi) is 3.15. The van der Waals surface area contributed by atoms with Crippen molar-refractivity contribution in [2.45, 2.75) is 71.3 Å². The van der Waals surface area contributed by atoms with E-state index in [1.807, 2.05) is 0 Å². The minimum Gasteiger partial charge on any atom is -0.393 e. The van der Waals surface area contributed by atoms with Gasteiger partial charge in [-0.2, -0.15) is 0 Å². The summed E-state index contributed by atoms with van der Waals surface area (Å²) in [5.74, 6) is 2.47. The van der Waals surface area contributed by atoms with Gasteiger partial charge >= 0.3 is 0 Å². The van der Waals surface area contributed by atoms with Gasteiger partial charge in [0.25, 0.3) is 0 Å². The molecule has 3 nitrogen and oxygen atoms in total. The Bertz CT molecular complexity index is 527. The summed E-state index contributed by atoms with van der Waals surface area (Å²) < 4.78 is 0. The summed E-state index contributed by atoms with van der Waals surface area (Å²) in [6, 6.07) is 0. The summed E-state index contributed by atoms with van der Waals surface area (Å²) in [5.41, 5.74) is -0.0300. The molecule has 22 heavy (non-hydrogen) atoms. The largest absolute Gasteiger partial charge is 0.393 e. The molecule has 4 aliphatic rings. The fraction of sp³-hybridized carbons (Fsp3) is 0.895. The second-order valence-corrected chi connectivity index (χ2v) is 8.95. The Labute approximate surface area is 132 Å². The number of ketones is 2. The summed E-state index contributed by atoms with van der Waals surface area (Å²) in [5, 5.41) is 10.8. The molecule has 0 aromatic carbocycles. The van der Waals surface area contributed by atoms with Gasteiger partial charge in [-0.1, -0.05) is 13.8 Å². The first-order valence-electron chi connectivity index (χ1n) is 9.09. The third kappa shape index (κ3) is 1.78. The third-order valence-corrected chi connectivity index (χ3v) is 8.21. The molecule has 4 rings (SSSR count). The number of carbonyl (C=O) groups is 2. The normalized spacial score (nSPS) is 54.6. The van der Waals surface area contributed by atoms with E-state index in [4.69, 9.17) is 0 Å². The lowest BCUT2D eigenvalue weighted by molar-refractivity contribution is -0.165. The number of Topliss-reactive ketones (excluding diaryl/α,β-unsaturated/α-hetero) is 2. The molecule has 0 aromatic rings. The van der Waals surface area contributed by atoms with Gasteiger partial charge in [0.1, 0.15) is 11.6 Å². The summed E-state index contributed by atoms with van der Waals surface area (Å²) in [6.45, 7) is 4.50. The highest BCUT2D eigenvalue weighted by molar-refractivity contribution is 5.87. The minimum absolute atomic E-state index is 0.100. The van der Waals surface area contributed by atoms with E-state index in [-0.39, 0.29) is 22.9 Å². The van der Waals surface area contributed by atoms with E-state index in [9.17, 15) is 14.7 Å². The molecule has 4 aliphatic carbocycles. The van der Waals surface area contributed by atoms with E-state index in [1.54, 1.807) is 0 Å². The Morgan fingerprint density at radius 2 is 1.77 bits per heavy atom. The van der Waals surface area contributed by atoms with E-state index in [2.05, 4.69) is 13.8 Å². The van der Waals surface area contributed by atoms with Crippen molar-refractivity contribution in [1.82, 2.24) is 0 Å². The van der Waals surface area contributed by atoms with E-state index in [1.165, 1.54) is 0 Å². The molecule has 1 N–H and O–H groups in total. The molecule has 122 valence electrons. The third-order valence-electron chi connectivity index (χ3n) is 8.21. The Morgan fingerprint density at radius 1 is 1.00 bits per heavy atom. The van der Waals surface area contributed by atoms with Crippen molar-refractivity contribution < 1.29 is 14.7 Å². The molecule has 0 aromatic heterocycles. The Hall–Kier alpha value is -0.700. The van der Waals surface area contributed by atoms with E-state index >= 15 is 0 Å². The molecule has 0 saturated heterocycles. The smallest absolute Gasteiger partial charge is 0.139 e. The fourth-order valence-corrected chi connectivity index (χ4v) is 6.86. The molecule has 0 spiro atoms. The van der Waals surface area contributed by atoms with Crippen LogP contribution in [0.15, 0.2) is 0 Å². The van der Waals surface area contributed by atoms with Gasteiger partial charge in [0, 0.05) is 24.7 Å². The average Bonchev–Trinajstić information content (AvgIpc) is 2.77. The van der Waals surface area contributed by atoms with Gasteiger partial charge in [-0.3, -0.25) is 9.59 Å². The molecule has 0 radical (unpaired) electrons. The molecule has 1 unspecified atom stereocenters. The maximum absolute atomic E-state index is 12.4. The van der Waals surface area contributed by atoms with Crippen LogP contribution in [0.2, 0.25) is 0 Å². The first-order valence-corrected chi connectivity index (χ1v) is 9.09. The average molecular weight is 304 g/mol. The zero-order valence-electron chi connectivity index (χ0n) is 13.8. The van der Waals surface area contributed by atoms with Crippen LogP contribution in [0.5, 0.6) is 0 Å². The molecular formula is C19H28O3. The van der Waals surface area contributed by atoms with Crippen molar-refractivity contribution in [3.05, 3.63) is 0 Å². The summed E-state index contributed by atoms with van der Waals surface area (Å²) in [7, 11) is 0. The van der Waals surface area contributed by atoms with Gasteiger partial charge in [-0.05, 0) is 61.2 Å². The van der Waals surface area contributed by atoms with Crippen LogP contribution < -0.4 is 0 Å². The number of aliphatic hydroxyl groups is 1.